The zero-order chi connectivity index (χ0) is 6.15. The lowest BCUT2D eigenvalue weighted by Crippen LogP contribution is -2.05. The van der Waals surface area contributed by atoms with Crippen LogP contribution < -0.4 is 4.80 Å². The molecule has 4 heteroatoms. The molecule has 1 heterocycles. The molecule has 0 aliphatic rings. The van der Waals surface area contributed by atoms with Crippen molar-refractivity contribution in [3.63, 3.8) is 0 Å². The van der Waals surface area contributed by atoms with Crippen molar-refractivity contribution in [1.82, 2.24) is 4.57 Å². The third kappa shape index (κ3) is 2.09. The topological polar surface area (TPSA) is 28.8 Å². The van der Waals surface area contributed by atoms with Crippen molar-refractivity contribution < 1.29 is 0 Å². The Balaban J connectivity index is 0.000000640. The summed E-state index contributed by atoms with van der Waals surface area (Å²) in [6, 6.07) is 0. The van der Waals surface area contributed by atoms with Gasteiger partial charge in [-0.15, -0.1) is 35.3 Å². The van der Waals surface area contributed by atoms with E-state index in [2.05, 4.69) is 0 Å². The Morgan fingerprint density at radius 1 is 1.67 bits per heavy atom. The van der Waals surface area contributed by atoms with Crippen LogP contribution in [0, 0.1) is 12.3 Å². The number of nitrogens with one attached hydrogen (secondary N) is 1. The highest BCUT2D eigenvalue weighted by Crippen LogP contribution is 1.96. The van der Waals surface area contributed by atoms with Gasteiger partial charge in [0.2, 0.25) is 0 Å². The summed E-state index contributed by atoms with van der Waals surface area (Å²) in [6.07, 6.45) is 1.95. The Labute approximate surface area is 75.1 Å². The van der Waals surface area contributed by atoms with Crippen LogP contribution in [0.4, 0.5) is 0 Å². The zero-order valence-electron chi connectivity index (χ0n) is 5.34. The monoisotopic (exact) mass is 256 g/mol. The van der Waals surface area contributed by atoms with Crippen molar-refractivity contribution in [2.75, 3.05) is 0 Å². The normalized spacial score (nSPS) is 8.67. The number of halogens is 1. The van der Waals surface area contributed by atoms with E-state index in [9.17, 15) is 0 Å². The Bertz CT molecular complexity index is 237. The molecule has 0 amide bonds. The zero-order valence-corrected chi connectivity index (χ0v) is 8.49. The van der Waals surface area contributed by atoms with Crippen molar-refractivity contribution in [2.24, 2.45) is 7.05 Å². The van der Waals surface area contributed by atoms with Gasteiger partial charge in [0.1, 0.15) is 0 Å². The molecule has 2 nitrogen and oxygen atoms in total. The van der Waals surface area contributed by atoms with Crippen LogP contribution in [0.3, 0.4) is 0 Å². The summed E-state index contributed by atoms with van der Waals surface area (Å²) in [4.78, 5) is 1.81. The molecule has 0 unspecified atom stereocenters. The van der Waals surface area contributed by atoms with E-state index in [1.54, 1.807) is 4.57 Å². The van der Waals surface area contributed by atoms with Gasteiger partial charge >= 0.3 is 0 Å². The summed E-state index contributed by atoms with van der Waals surface area (Å²) in [5.74, 6) is 0. The number of thiazole rings is 1. The van der Waals surface area contributed by atoms with Crippen molar-refractivity contribution in [1.29, 1.82) is 5.41 Å². The van der Waals surface area contributed by atoms with Crippen LogP contribution in [0.1, 0.15) is 4.88 Å². The summed E-state index contributed by atoms with van der Waals surface area (Å²) in [7, 11) is 1.88. The van der Waals surface area contributed by atoms with Gasteiger partial charge in [-0.3, -0.25) is 5.41 Å². The smallest absolute Gasteiger partial charge is 0.181 e. The minimum Gasteiger partial charge on any atom is -0.327 e. The van der Waals surface area contributed by atoms with Crippen LogP contribution in [0.15, 0.2) is 6.20 Å². The first-order chi connectivity index (χ1) is 3.70. The van der Waals surface area contributed by atoms with E-state index in [0.717, 1.165) is 0 Å². The first-order valence-corrected chi connectivity index (χ1v) is 3.19. The molecule has 0 aromatic carbocycles. The van der Waals surface area contributed by atoms with Crippen molar-refractivity contribution in [3.05, 3.63) is 15.9 Å². The predicted octanol–water partition coefficient (Wildman–Crippen LogP) is 1.49. The molecule has 0 saturated carbocycles. The molecular weight excluding hydrogens is 247 g/mol. The number of aromatic nitrogens is 1. The molecule has 1 aromatic rings. The molecule has 0 atom stereocenters. The van der Waals surface area contributed by atoms with Crippen LogP contribution >= 0.6 is 35.3 Å². The highest BCUT2D eigenvalue weighted by molar-refractivity contribution is 14.0. The number of nitrogens with zero attached hydrogens (tertiary/aromatic N) is 1. The van der Waals surface area contributed by atoms with E-state index < -0.39 is 0 Å². The van der Waals surface area contributed by atoms with Crippen LogP contribution in [0.25, 0.3) is 0 Å². The van der Waals surface area contributed by atoms with E-state index in [1.807, 2.05) is 20.2 Å². The van der Waals surface area contributed by atoms with E-state index in [4.69, 9.17) is 5.41 Å². The second kappa shape index (κ2) is 3.36. The maximum Gasteiger partial charge on any atom is 0.181 e. The molecule has 0 aliphatic heterocycles. The Kier molecular flexibility index (Phi) is 3.42. The maximum atomic E-state index is 7.22. The van der Waals surface area contributed by atoms with Gasteiger partial charge < -0.3 is 4.57 Å². The third-order valence-corrected chi connectivity index (χ3v) is 1.86. The number of aryl methyl sites for hydroxylation is 2. The van der Waals surface area contributed by atoms with Gasteiger partial charge in [-0.05, 0) is 6.92 Å². The molecule has 1 rings (SSSR count). The molecule has 0 fully saturated rings. The Morgan fingerprint density at radius 3 is 2.33 bits per heavy atom. The van der Waals surface area contributed by atoms with E-state index in [-0.39, 0.29) is 24.0 Å². The third-order valence-electron chi connectivity index (χ3n) is 0.953. The molecule has 0 aliphatic carbocycles. The Hall–Kier alpha value is 0.160. The van der Waals surface area contributed by atoms with Gasteiger partial charge in [0, 0.05) is 18.1 Å². The molecule has 0 bridgehead atoms. The lowest BCUT2D eigenvalue weighted by Gasteiger charge is -1.80. The summed E-state index contributed by atoms with van der Waals surface area (Å²) < 4.78 is 1.81. The fourth-order valence-corrected chi connectivity index (χ4v) is 1.29. The number of hydrogen-bond donors (Lipinski definition) is 1. The molecule has 0 radical (unpaired) electrons. The highest BCUT2D eigenvalue weighted by atomic mass is 127. The molecule has 1 aromatic heterocycles. The molecule has 0 spiro atoms. The van der Waals surface area contributed by atoms with Crippen molar-refractivity contribution >= 4 is 35.3 Å². The van der Waals surface area contributed by atoms with Gasteiger partial charge in [0.15, 0.2) is 4.80 Å². The van der Waals surface area contributed by atoms with Gasteiger partial charge in [-0.1, -0.05) is 0 Å². The summed E-state index contributed by atoms with van der Waals surface area (Å²) >= 11 is 1.50. The average Bonchev–Trinajstić information content (AvgIpc) is 1.85. The lowest BCUT2D eigenvalue weighted by molar-refractivity contribution is 0.854. The molecular formula is C5H9IN2S. The maximum absolute atomic E-state index is 7.22. The summed E-state index contributed by atoms with van der Waals surface area (Å²) in [6.45, 7) is 2.00. The van der Waals surface area contributed by atoms with Crippen molar-refractivity contribution in [2.45, 2.75) is 6.92 Å². The lowest BCUT2D eigenvalue weighted by atomic mass is 10.6. The second-order valence-electron chi connectivity index (χ2n) is 1.76. The standard InChI is InChI=1S/C5H8N2S.HI/c1-4-3-7(2)5(6)8-4;/h3,6H,1-2H3;1H. The van der Waals surface area contributed by atoms with Crippen LogP contribution in [0.2, 0.25) is 0 Å². The van der Waals surface area contributed by atoms with Crippen LogP contribution in [-0.2, 0) is 7.05 Å². The number of rotatable bonds is 0. The first kappa shape index (κ1) is 9.16. The fourth-order valence-electron chi connectivity index (χ4n) is 0.582. The van der Waals surface area contributed by atoms with Gasteiger partial charge in [-0.25, -0.2) is 0 Å². The van der Waals surface area contributed by atoms with Gasteiger partial charge in [-0.2, -0.15) is 0 Å². The quantitative estimate of drug-likeness (QED) is 0.681. The highest BCUT2D eigenvalue weighted by Gasteiger charge is 1.87. The van der Waals surface area contributed by atoms with E-state index >= 15 is 0 Å². The first-order valence-electron chi connectivity index (χ1n) is 2.38. The van der Waals surface area contributed by atoms with Crippen molar-refractivity contribution in [3.8, 4) is 0 Å². The largest absolute Gasteiger partial charge is 0.327 e. The minimum atomic E-state index is 0. The fraction of sp³-hybridized carbons (Fsp3) is 0.400. The summed E-state index contributed by atoms with van der Waals surface area (Å²) in [5.41, 5.74) is 0. The molecule has 9 heavy (non-hydrogen) atoms. The van der Waals surface area contributed by atoms with Gasteiger partial charge in [0.05, 0.1) is 0 Å². The Morgan fingerprint density at radius 2 is 2.22 bits per heavy atom. The van der Waals surface area contributed by atoms with E-state index in [0.29, 0.717) is 4.80 Å². The van der Waals surface area contributed by atoms with Crippen LogP contribution in [-0.4, -0.2) is 4.57 Å². The SMILES string of the molecule is Cc1cn(C)c(=N)s1.I. The second-order valence-corrected chi connectivity index (χ2v) is 2.99. The molecule has 52 valence electrons. The predicted molar refractivity (Wildman–Crippen MR) is 49.3 cm³/mol. The molecule has 0 saturated heterocycles. The molecule has 1 N–H and O–H groups in total. The summed E-state index contributed by atoms with van der Waals surface area (Å²) in [5, 5.41) is 7.22. The minimum absolute atomic E-state index is 0. The van der Waals surface area contributed by atoms with Crippen LogP contribution in [0.5, 0.6) is 0 Å². The average molecular weight is 256 g/mol. The van der Waals surface area contributed by atoms with E-state index in [1.165, 1.54) is 16.2 Å². The van der Waals surface area contributed by atoms with Gasteiger partial charge in [0.25, 0.3) is 0 Å². The number of hydrogen-bond acceptors (Lipinski definition) is 2.